The molecule has 0 aliphatic carbocycles. The number of nitriles is 1. The van der Waals surface area contributed by atoms with Crippen molar-refractivity contribution in [1.29, 1.82) is 5.26 Å². The van der Waals surface area contributed by atoms with Crippen LogP contribution in [-0.2, 0) is 4.74 Å². The van der Waals surface area contributed by atoms with Crippen LogP contribution in [0.5, 0.6) is 5.75 Å². The lowest BCUT2D eigenvalue weighted by atomic mass is 10.1. The highest BCUT2D eigenvalue weighted by atomic mass is 32.1. The number of aromatic nitrogens is 1. The van der Waals surface area contributed by atoms with E-state index in [0.29, 0.717) is 36.6 Å². The molecule has 2 atom stereocenters. The molecule has 1 N–H and O–H groups in total. The summed E-state index contributed by atoms with van der Waals surface area (Å²) in [6.07, 6.45) is 0.497. The Bertz CT molecular complexity index is 751. The molecule has 1 aromatic carbocycles. The lowest BCUT2D eigenvalue weighted by molar-refractivity contribution is -0.00294. The first kappa shape index (κ1) is 16.4. The van der Waals surface area contributed by atoms with Crippen LogP contribution in [0.4, 0.5) is 0 Å². The number of nitrogens with zero attached hydrogens (tertiary/aromatic N) is 2. The Morgan fingerprint density at radius 1 is 1.46 bits per heavy atom. The molecule has 1 aliphatic rings. The Morgan fingerprint density at radius 2 is 2.25 bits per heavy atom. The molecular formula is C17H17N3O3S. The van der Waals surface area contributed by atoms with Gasteiger partial charge in [-0.25, -0.2) is 4.98 Å². The molecule has 0 radical (unpaired) electrons. The summed E-state index contributed by atoms with van der Waals surface area (Å²) in [7, 11) is 0. The number of aryl methyl sites for hydroxylation is 1. The molecule has 0 unspecified atom stereocenters. The third-order valence-electron chi connectivity index (χ3n) is 3.73. The molecule has 1 aliphatic heterocycles. The van der Waals surface area contributed by atoms with Crippen LogP contribution in [-0.4, -0.2) is 36.3 Å². The largest absolute Gasteiger partial charge is 0.488 e. The highest BCUT2D eigenvalue weighted by Crippen LogP contribution is 2.19. The Morgan fingerprint density at radius 3 is 2.92 bits per heavy atom. The number of hydrogen-bond donors (Lipinski definition) is 1. The molecule has 2 aromatic rings. The molecular weight excluding hydrogens is 326 g/mol. The Balaban J connectivity index is 1.66. The van der Waals surface area contributed by atoms with Crippen LogP contribution in [0.25, 0.3) is 0 Å². The molecule has 24 heavy (non-hydrogen) atoms. The van der Waals surface area contributed by atoms with Gasteiger partial charge >= 0.3 is 0 Å². The summed E-state index contributed by atoms with van der Waals surface area (Å²) < 4.78 is 11.5. The molecule has 0 bridgehead atoms. The smallest absolute Gasteiger partial charge is 0.271 e. The van der Waals surface area contributed by atoms with Gasteiger partial charge in [0.05, 0.1) is 35.9 Å². The van der Waals surface area contributed by atoms with Gasteiger partial charge in [-0.05, 0) is 31.2 Å². The fraction of sp³-hybridized carbons (Fsp3) is 0.353. The predicted octanol–water partition coefficient (Wildman–Crippen LogP) is 2.29. The highest BCUT2D eigenvalue weighted by Gasteiger charge is 2.29. The van der Waals surface area contributed by atoms with Crippen molar-refractivity contribution >= 4 is 17.2 Å². The number of hydrogen-bond acceptors (Lipinski definition) is 6. The average molecular weight is 343 g/mol. The summed E-state index contributed by atoms with van der Waals surface area (Å²) in [6.45, 7) is 2.85. The summed E-state index contributed by atoms with van der Waals surface area (Å²) in [4.78, 5) is 16.5. The summed E-state index contributed by atoms with van der Waals surface area (Å²) >= 11 is 1.44. The molecule has 0 spiro atoms. The van der Waals surface area contributed by atoms with Gasteiger partial charge in [0, 0.05) is 11.8 Å². The first-order chi connectivity index (χ1) is 11.7. The van der Waals surface area contributed by atoms with Gasteiger partial charge in [-0.1, -0.05) is 0 Å². The van der Waals surface area contributed by atoms with Crippen LogP contribution in [0.1, 0.15) is 27.5 Å². The van der Waals surface area contributed by atoms with E-state index in [4.69, 9.17) is 14.7 Å². The molecule has 2 heterocycles. The number of nitrogens with one attached hydrogen (secondary N) is 1. The number of rotatable bonds is 4. The van der Waals surface area contributed by atoms with Gasteiger partial charge in [0.1, 0.15) is 17.5 Å². The van der Waals surface area contributed by atoms with Crippen molar-refractivity contribution in [2.45, 2.75) is 25.5 Å². The van der Waals surface area contributed by atoms with Crippen LogP contribution in [0.3, 0.4) is 0 Å². The van der Waals surface area contributed by atoms with E-state index in [2.05, 4.69) is 16.4 Å². The van der Waals surface area contributed by atoms with Crippen molar-refractivity contribution in [3.63, 3.8) is 0 Å². The molecule has 124 valence electrons. The number of thiazole rings is 1. The Hall–Kier alpha value is -2.43. The number of benzene rings is 1. The molecule has 7 heteroatoms. The highest BCUT2D eigenvalue weighted by molar-refractivity contribution is 7.09. The van der Waals surface area contributed by atoms with Gasteiger partial charge in [-0.3, -0.25) is 4.79 Å². The van der Waals surface area contributed by atoms with E-state index < -0.39 is 0 Å². The topological polar surface area (TPSA) is 84.2 Å². The second-order valence-corrected chi connectivity index (χ2v) is 6.55. The number of carbonyl (C=O) groups excluding carboxylic acids is 1. The zero-order valence-electron chi connectivity index (χ0n) is 13.2. The maximum atomic E-state index is 12.3. The van der Waals surface area contributed by atoms with Gasteiger partial charge in [-0.2, -0.15) is 5.26 Å². The third kappa shape index (κ3) is 3.91. The van der Waals surface area contributed by atoms with E-state index in [1.165, 1.54) is 11.3 Å². The van der Waals surface area contributed by atoms with Crippen LogP contribution >= 0.6 is 11.3 Å². The lowest BCUT2D eigenvalue weighted by Crippen LogP contribution is -2.51. The fourth-order valence-electron chi connectivity index (χ4n) is 2.49. The second-order valence-electron chi connectivity index (χ2n) is 5.49. The van der Waals surface area contributed by atoms with Gasteiger partial charge in [-0.15, -0.1) is 11.3 Å². The second kappa shape index (κ2) is 7.43. The normalized spacial score (nSPS) is 20.2. The van der Waals surface area contributed by atoms with Crippen molar-refractivity contribution in [1.82, 2.24) is 10.3 Å². The minimum Gasteiger partial charge on any atom is -0.488 e. The van der Waals surface area contributed by atoms with E-state index in [1.807, 2.05) is 6.92 Å². The van der Waals surface area contributed by atoms with E-state index in [0.717, 1.165) is 5.01 Å². The SMILES string of the molecule is Cc1nc(C(=O)N[C@@H]2COCC[C@H]2Oc2ccc(C#N)cc2)cs1. The minimum absolute atomic E-state index is 0.185. The zero-order chi connectivity index (χ0) is 16.9. The van der Waals surface area contributed by atoms with Gasteiger partial charge in [0.2, 0.25) is 0 Å². The zero-order valence-corrected chi connectivity index (χ0v) is 14.0. The first-order valence-electron chi connectivity index (χ1n) is 7.63. The fourth-order valence-corrected chi connectivity index (χ4v) is 3.08. The standard InChI is InChI=1S/C17H17N3O3S/c1-11-19-15(10-24-11)17(21)20-14-9-22-7-6-16(14)23-13-4-2-12(8-18)3-5-13/h2-5,10,14,16H,6-7,9H2,1H3,(H,20,21)/t14-,16-/m1/s1. The predicted molar refractivity (Wildman–Crippen MR) is 89.1 cm³/mol. The van der Waals surface area contributed by atoms with Crippen molar-refractivity contribution in [3.05, 3.63) is 45.9 Å². The Labute approximate surface area is 144 Å². The van der Waals surface area contributed by atoms with Gasteiger partial charge < -0.3 is 14.8 Å². The minimum atomic E-state index is -0.246. The lowest BCUT2D eigenvalue weighted by Gasteiger charge is -2.32. The Kier molecular flexibility index (Phi) is 5.08. The van der Waals surface area contributed by atoms with E-state index in [1.54, 1.807) is 29.6 Å². The van der Waals surface area contributed by atoms with Gasteiger partial charge in [0.25, 0.3) is 5.91 Å². The number of ether oxygens (including phenoxy) is 2. The molecule has 1 aromatic heterocycles. The molecule has 6 nitrogen and oxygen atoms in total. The van der Waals surface area contributed by atoms with Gasteiger partial charge in [0.15, 0.2) is 0 Å². The van der Waals surface area contributed by atoms with Crippen molar-refractivity contribution < 1.29 is 14.3 Å². The van der Waals surface area contributed by atoms with E-state index in [9.17, 15) is 4.79 Å². The van der Waals surface area contributed by atoms with Crippen molar-refractivity contribution in [3.8, 4) is 11.8 Å². The van der Waals surface area contributed by atoms with Crippen molar-refractivity contribution in [2.24, 2.45) is 0 Å². The van der Waals surface area contributed by atoms with E-state index >= 15 is 0 Å². The number of carbonyl (C=O) groups is 1. The molecule has 1 fully saturated rings. The number of amides is 1. The van der Waals surface area contributed by atoms with Crippen LogP contribution in [0, 0.1) is 18.3 Å². The monoisotopic (exact) mass is 343 g/mol. The molecule has 3 rings (SSSR count). The maximum absolute atomic E-state index is 12.3. The first-order valence-corrected chi connectivity index (χ1v) is 8.51. The quantitative estimate of drug-likeness (QED) is 0.921. The molecule has 0 saturated carbocycles. The van der Waals surface area contributed by atoms with E-state index in [-0.39, 0.29) is 18.1 Å². The summed E-state index contributed by atoms with van der Waals surface area (Å²) in [5, 5.41) is 14.4. The third-order valence-corrected chi connectivity index (χ3v) is 4.51. The maximum Gasteiger partial charge on any atom is 0.271 e. The average Bonchev–Trinajstić information content (AvgIpc) is 3.04. The summed E-state index contributed by atoms with van der Waals surface area (Å²) in [5.41, 5.74) is 0.998. The van der Waals surface area contributed by atoms with Crippen LogP contribution in [0.2, 0.25) is 0 Å². The van der Waals surface area contributed by atoms with Crippen LogP contribution in [0.15, 0.2) is 29.6 Å². The molecule has 1 amide bonds. The van der Waals surface area contributed by atoms with Crippen molar-refractivity contribution in [2.75, 3.05) is 13.2 Å². The summed E-state index contributed by atoms with van der Waals surface area (Å²) in [5.74, 6) is 0.452. The van der Waals surface area contributed by atoms with Crippen LogP contribution < -0.4 is 10.1 Å². The summed E-state index contributed by atoms with van der Waals surface area (Å²) in [6, 6.07) is 8.77. The molecule has 1 saturated heterocycles.